The number of halogens is 2. The largest absolute Gasteiger partial charge is 0.431 e. The van der Waals surface area contributed by atoms with Gasteiger partial charge in [-0.3, -0.25) is 4.79 Å². The number of carbonyl (C=O) groups is 1. The van der Waals surface area contributed by atoms with Crippen LogP contribution >= 0.6 is 11.8 Å². The molecule has 0 unspecified atom stereocenters. The highest BCUT2D eigenvalue weighted by Crippen LogP contribution is 2.25. The summed E-state index contributed by atoms with van der Waals surface area (Å²) in [6, 6.07) is 10.2. The number of hydrogen-bond donors (Lipinski definition) is 1. The molecule has 0 saturated carbocycles. The Morgan fingerprint density at radius 3 is 2.69 bits per heavy atom. The zero-order chi connectivity index (χ0) is 20.2. The number of para-hydroxylation sites is 2. The fourth-order valence-electron chi connectivity index (χ4n) is 2.56. The van der Waals surface area contributed by atoms with Crippen molar-refractivity contribution < 1.29 is 22.5 Å². The number of aromatic nitrogens is 3. The topological polar surface area (TPSA) is 94.0 Å². The number of thioether (sulfide) groups is 1. The van der Waals surface area contributed by atoms with Gasteiger partial charge >= 0.3 is 0 Å². The minimum Gasteiger partial charge on any atom is -0.431 e. The molecule has 0 spiro atoms. The van der Waals surface area contributed by atoms with Crippen LogP contribution in [-0.4, -0.2) is 21.0 Å². The van der Waals surface area contributed by atoms with Crippen LogP contribution in [0.2, 0.25) is 0 Å². The van der Waals surface area contributed by atoms with E-state index < -0.39 is 17.5 Å². The second-order valence-corrected chi connectivity index (χ2v) is 6.97. The fraction of sp³-hybridized carbons (Fsp3) is 0.158. The average Bonchev–Trinajstić information content (AvgIpc) is 3.30. The van der Waals surface area contributed by atoms with Crippen molar-refractivity contribution in [3.8, 4) is 0 Å². The number of amides is 1. The van der Waals surface area contributed by atoms with Crippen molar-refractivity contribution in [2.45, 2.75) is 23.8 Å². The van der Waals surface area contributed by atoms with Gasteiger partial charge in [0.15, 0.2) is 11.4 Å². The Morgan fingerprint density at radius 1 is 1.10 bits per heavy atom. The second kappa shape index (κ2) is 8.39. The summed E-state index contributed by atoms with van der Waals surface area (Å²) >= 11 is 1.33. The highest BCUT2D eigenvalue weighted by atomic mass is 32.2. The molecule has 29 heavy (non-hydrogen) atoms. The summed E-state index contributed by atoms with van der Waals surface area (Å²) in [7, 11) is 0. The van der Waals surface area contributed by atoms with Gasteiger partial charge in [0.25, 0.3) is 5.22 Å². The predicted octanol–water partition coefficient (Wildman–Crippen LogP) is 4.35. The van der Waals surface area contributed by atoms with E-state index in [9.17, 15) is 13.6 Å². The zero-order valence-corrected chi connectivity index (χ0v) is 15.7. The summed E-state index contributed by atoms with van der Waals surface area (Å²) in [6.07, 6.45) is 0.224. The Balaban J connectivity index is 1.28. The van der Waals surface area contributed by atoms with Crippen LogP contribution in [0.4, 0.5) is 14.5 Å². The number of nitrogens with one attached hydrogen (secondary N) is 1. The molecule has 0 radical (unpaired) electrons. The summed E-state index contributed by atoms with van der Waals surface area (Å²) in [5.41, 5.74) is 1.52. The number of rotatable bonds is 7. The number of carbonyl (C=O) groups excluding carboxylic acids is 1. The normalized spacial score (nSPS) is 11.1. The summed E-state index contributed by atoms with van der Waals surface area (Å²) < 4.78 is 37.0. The molecule has 7 nitrogen and oxygen atoms in total. The lowest BCUT2D eigenvalue weighted by Gasteiger charge is -2.04. The number of oxazole rings is 1. The maximum Gasteiger partial charge on any atom is 0.257 e. The van der Waals surface area contributed by atoms with Crippen molar-refractivity contribution in [1.29, 1.82) is 0 Å². The Labute approximate surface area is 167 Å². The lowest BCUT2D eigenvalue weighted by atomic mass is 10.2. The van der Waals surface area contributed by atoms with Crippen LogP contribution in [0.15, 0.2) is 56.6 Å². The second-order valence-electron chi connectivity index (χ2n) is 6.05. The van der Waals surface area contributed by atoms with E-state index in [0.717, 1.165) is 23.7 Å². The quantitative estimate of drug-likeness (QED) is 0.448. The van der Waals surface area contributed by atoms with Gasteiger partial charge in [0.1, 0.15) is 17.2 Å². The Hall–Kier alpha value is -3.27. The number of nitrogens with zero attached hydrogens (tertiary/aromatic N) is 3. The van der Waals surface area contributed by atoms with E-state index in [2.05, 4.69) is 20.4 Å². The first kappa shape index (κ1) is 19.1. The Kier molecular flexibility index (Phi) is 5.52. The van der Waals surface area contributed by atoms with E-state index in [-0.39, 0.29) is 18.5 Å². The van der Waals surface area contributed by atoms with Crippen LogP contribution in [0, 0.1) is 11.6 Å². The molecule has 10 heteroatoms. The number of aryl methyl sites for hydroxylation is 1. The number of anilines is 1. The lowest BCUT2D eigenvalue weighted by molar-refractivity contribution is -0.116. The van der Waals surface area contributed by atoms with E-state index in [4.69, 9.17) is 8.94 Å². The smallest absolute Gasteiger partial charge is 0.257 e. The van der Waals surface area contributed by atoms with Gasteiger partial charge in [-0.05, 0) is 24.3 Å². The van der Waals surface area contributed by atoms with Crippen molar-refractivity contribution in [2.75, 3.05) is 5.32 Å². The SMILES string of the molecule is O=C(CCc1nc(CSc2nc3ccccc3o2)no1)Nc1cc(F)cc(F)c1. The van der Waals surface area contributed by atoms with Crippen molar-refractivity contribution in [2.24, 2.45) is 0 Å². The average molecular weight is 416 g/mol. The van der Waals surface area contributed by atoms with Crippen molar-refractivity contribution in [3.63, 3.8) is 0 Å². The maximum absolute atomic E-state index is 13.1. The molecule has 148 valence electrons. The third kappa shape index (κ3) is 4.96. The van der Waals surface area contributed by atoms with E-state index in [0.29, 0.717) is 28.3 Å². The van der Waals surface area contributed by atoms with Gasteiger partial charge in [-0.2, -0.15) is 4.98 Å². The van der Waals surface area contributed by atoms with Crippen LogP contribution in [0.5, 0.6) is 0 Å². The molecule has 0 bridgehead atoms. The van der Waals surface area contributed by atoms with E-state index in [1.54, 1.807) is 0 Å². The molecule has 4 aromatic rings. The Bertz CT molecular complexity index is 1110. The van der Waals surface area contributed by atoms with E-state index >= 15 is 0 Å². The number of fused-ring (bicyclic) bond motifs is 1. The van der Waals surface area contributed by atoms with Gasteiger partial charge < -0.3 is 14.3 Å². The molecule has 0 aliphatic heterocycles. The molecule has 2 heterocycles. The summed E-state index contributed by atoms with van der Waals surface area (Å²) in [4.78, 5) is 20.5. The molecule has 0 aliphatic carbocycles. The third-order valence-corrected chi connectivity index (χ3v) is 4.65. The van der Waals surface area contributed by atoms with Crippen LogP contribution in [-0.2, 0) is 17.0 Å². The molecule has 0 saturated heterocycles. The van der Waals surface area contributed by atoms with Crippen LogP contribution < -0.4 is 5.32 Å². The minimum absolute atomic E-state index is 0.0258. The van der Waals surface area contributed by atoms with Gasteiger partial charge in [-0.15, -0.1) is 0 Å². The molecule has 2 aromatic carbocycles. The van der Waals surface area contributed by atoms with Gasteiger partial charge in [0.2, 0.25) is 11.8 Å². The van der Waals surface area contributed by atoms with E-state index in [1.165, 1.54) is 11.8 Å². The highest BCUT2D eigenvalue weighted by Gasteiger charge is 2.12. The Morgan fingerprint density at radius 2 is 1.90 bits per heavy atom. The molecular weight excluding hydrogens is 402 g/mol. The third-order valence-electron chi connectivity index (χ3n) is 3.82. The first-order valence-corrected chi connectivity index (χ1v) is 9.59. The van der Waals surface area contributed by atoms with Gasteiger partial charge in [-0.1, -0.05) is 29.1 Å². The van der Waals surface area contributed by atoms with E-state index in [1.807, 2.05) is 24.3 Å². The zero-order valence-electron chi connectivity index (χ0n) is 14.9. The molecule has 0 aliphatic rings. The summed E-state index contributed by atoms with van der Waals surface area (Å²) in [5, 5.41) is 6.79. The van der Waals surface area contributed by atoms with Crippen LogP contribution in [0.1, 0.15) is 18.1 Å². The molecular formula is C19H14F2N4O3S. The van der Waals surface area contributed by atoms with Gasteiger partial charge in [-0.25, -0.2) is 13.8 Å². The number of hydrogen-bond acceptors (Lipinski definition) is 7. The molecule has 1 N–H and O–H groups in total. The number of benzene rings is 2. The first-order valence-electron chi connectivity index (χ1n) is 8.61. The molecule has 2 aromatic heterocycles. The van der Waals surface area contributed by atoms with Crippen molar-refractivity contribution in [3.05, 3.63) is 65.8 Å². The fourth-order valence-corrected chi connectivity index (χ4v) is 3.24. The summed E-state index contributed by atoms with van der Waals surface area (Å²) in [5.74, 6) is -0.823. The minimum atomic E-state index is -0.765. The van der Waals surface area contributed by atoms with Crippen LogP contribution in [0.3, 0.4) is 0 Å². The maximum atomic E-state index is 13.1. The molecule has 0 fully saturated rings. The van der Waals surface area contributed by atoms with Crippen molar-refractivity contribution >= 4 is 34.5 Å². The van der Waals surface area contributed by atoms with Gasteiger partial charge in [0.05, 0.1) is 5.75 Å². The standard InChI is InChI=1S/C19H14F2N4O3S/c20-11-7-12(21)9-13(8-11)22-17(26)5-6-18-24-16(25-28-18)10-29-19-23-14-3-1-2-4-15(14)27-19/h1-4,7-9H,5-6,10H2,(H,22,26). The summed E-state index contributed by atoms with van der Waals surface area (Å²) in [6.45, 7) is 0. The first-order chi connectivity index (χ1) is 14.0. The van der Waals surface area contributed by atoms with Crippen LogP contribution in [0.25, 0.3) is 11.1 Å². The molecule has 4 rings (SSSR count). The van der Waals surface area contributed by atoms with Crippen molar-refractivity contribution in [1.82, 2.24) is 15.1 Å². The highest BCUT2D eigenvalue weighted by molar-refractivity contribution is 7.98. The molecule has 1 amide bonds. The van der Waals surface area contributed by atoms with Gasteiger partial charge in [0, 0.05) is 24.6 Å². The molecule has 0 atom stereocenters. The predicted molar refractivity (Wildman–Crippen MR) is 101 cm³/mol. The lowest BCUT2D eigenvalue weighted by Crippen LogP contribution is -2.12. The monoisotopic (exact) mass is 416 g/mol.